The van der Waals surface area contributed by atoms with Crippen LogP contribution in [-0.4, -0.2) is 58.8 Å². The van der Waals surface area contributed by atoms with Crippen LogP contribution in [0.25, 0.3) is 0 Å². The minimum absolute atomic E-state index is 0.134. The minimum Gasteiger partial charge on any atom is -0.444 e. The van der Waals surface area contributed by atoms with Gasteiger partial charge in [-0.2, -0.15) is 22.4 Å². The number of ether oxygens (including phenoxy) is 2. The van der Waals surface area contributed by atoms with Crippen molar-refractivity contribution in [3.63, 3.8) is 0 Å². The number of alkyl carbamates (subject to hydrolysis) is 1. The van der Waals surface area contributed by atoms with Gasteiger partial charge in [0.05, 0.1) is 30.2 Å². The molecule has 0 bridgehead atoms. The first-order valence-electron chi connectivity index (χ1n) is 11.3. The number of halogens is 5. The summed E-state index contributed by atoms with van der Waals surface area (Å²) in [6.07, 6.45) is -7.11. The monoisotopic (exact) mass is 564 g/mol. The average Bonchev–Trinajstić information content (AvgIpc) is 3.32. The zero-order chi connectivity index (χ0) is 28.2. The normalized spacial score (nSPS) is 22.2. The Morgan fingerprint density at radius 2 is 1.87 bits per heavy atom. The Hall–Kier alpha value is -3.20. The lowest BCUT2D eigenvalue weighted by Crippen LogP contribution is -2.50. The molecular formula is C23H25F5N4O5S. The third-order valence-electron chi connectivity index (χ3n) is 5.74. The zero-order valence-corrected chi connectivity index (χ0v) is 21.5. The summed E-state index contributed by atoms with van der Waals surface area (Å²) in [4.78, 5) is 13.8. The molecule has 2 aliphatic rings. The number of nitrogens with zero attached hydrogens (tertiary/aromatic N) is 3. The Labute approximate surface area is 215 Å². The molecule has 2 aromatic rings. The quantitative estimate of drug-likeness (QED) is 0.565. The van der Waals surface area contributed by atoms with Crippen molar-refractivity contribution in [2.75, 3.05) is 6.26 Å². The molecule has 15 heteroatoms. The Balaban J connectivity index is 1.75. The molecule has 0 unspecified atom stereocenters. The van der Waals surface area contributed by atoms with Crippen LogP contribution in [0.4, 0.5) is 26.7 Å². The van der Waals surface area contributed by atoms with E-state index in [1.165, 1.54) is 11.1 Å². The van der Waals surface area contributed by atoms with Crippen LogP contribution in [0.1, 0.15) is 43.7 Å². The molecule has 1 aromatic heterocycles. The van der Waals surface area contributed by atoms with E-state index >= 15 is 0 Å². The maximum absolute atomic E-state index is 14.7. The van der Waals surface area contributed by atoms with Crippen LogP contribution in [0.5, 0.6) is 0 Å². The highest BCUT2D eigenvalue weighted by Gasteiger charge is 2.51. The molecule has 208 valence electrons. The summed E-state index contributed by atoms with van der Waals surface area (Å²) in [6, 6.07) is 0.867. The summed E-state index contributed by atoms with van der Waals surface area (Å²) in [5.74, 6) is -1.94. The number of rotatable bonds is 4. The number of hydrogen-bond acceptors (Lipinski definition) is 7. The maximum atomic E-state index is 14.7. The first kappa shape index (κ1) is 27.8. The van der Waals surface area contributed by atoms with Gasteiger partial charge in [-0.25, -0.2) is 22.0 Å². The number of alkyl halides is 3. The molecule has 0 saturated carbocycles. The van der Waals surface area contributed by atoms with Crippen LogP contribution in [0, 0.1) is 11.6 Å². The van der Waals surface area contributed by atoms with Gasteiger partial charge >= 0.3 is 12.3 Å². The van der Waals surface area contributed by atoms with Crippen LogP contribution in [0.3, 0.4) is 0 Å². The molecule has 9 nitrogen and oxygen atoms in total. The Kier molecular flexibility index (Phi) is 6.97. The fourth-order valence-corrected chi connectivity index (χ4v) is 4.78. The highest BCUT2D eigenvalue weighted by atomic mass is 32.2. The molecular weight excluding hydrogens is 539 g/mol. The topological polar surface area (TPSA) is 103 Å². The predicted octanol–water partition coefficient (Wildman–Crippen LogP) is 3.76. The third kappa shape index (κ3) is 5.93. The fourth-order valence-electron chi connectivity index (χ4n) is 4.22. The fraction of sp³-hybridized carbons (Fsp3) is 0.478. The molecule has 0 saturated heterocycles. The van der Waals surface area contributed by atoms with Crippen LogP contribution in [0.2, 0.25) is 0 Å². The minimum atomic E-state index is -4.97. The van der Waals surface area contributed by atoms with Gasteiger partial charge in [-0.15, -0.1) is 0 Å². The van der Waals surface area contributed by atoms with Crippen molar-refractivity contribution in [2.24, 2.45) is 0 Å². The number of benzene rings is 1. The van der Waals surface area contributed by atoms with Gasteiger partial charge in [-0.05, 0) is 45.0 Å². The van der Waals surface area contributed by atoms with Crippen LogP contribution in [-0.2, 0) is 32.6 Å². The van der Waals surface area contributed by atoms with E-state index in [4.69, 9.17) is 9.47 Å². The smallest absolute Gasteiger partial charge is 0.420 e. The van der Waals surface area contributed by atoms with Gasteiger partial charge < -0.3 is 19.7 Å². The molecule has 3 atom stereocenters. The molecule has 38 heavy (non-hydrogen) atoms. The molecule has 0 spiro atoms. The zero-order valence-electron chi connectivity index (χ0n) is 20.7. The lowest BCUT2D eigenvalue weighted by Gasteiger charge is -2.40. The summed E-state index contributed by atoms with van der Waals surface area (Å²) in [6.45, 7) is 4.41. The molecule has 0 aliphatic carbocycles. The number of carbonyl (C=O) groups is 1. The van der Waals surface area contributed by atoms with Gasteiger partial charge in [0.1, 0.15) is 23.3 Å². The van der Waals surface area contributed by atoms with E-state index in [1.54, 1.807) is 20.8 Å². The number of amides is 1. The maximum Gasteiger partial charge on any atom is 0.420 e. The second-order valence-electron chi connectivity index (χ2n) is 10.0. The van der Waals surface area contributed by atoms with Crippen molar-refractivity contribution in [1.82, 2.24) is 19.4 Å². The first-order chi connectivity index (χ1) is 17.4. The van der Waals surface area contributed by atoms with Crippen molar-refractivity contribution in [3.8, 4) is 0 Å². The first-order valence-corrected chi connectivity index (χ1v) is 13.2. The largest absolute Gasteiger partial charge is 0.444 e. The Bertz CT molecular complexity index is 1360. The van der Waals surface area contributed by atoms with Crippen molar-refractivity contribution >= 4 is 16.1 Å². The van der Waals surface area contributed by atoms with Crippen LogP contribution in [0.15, 0.2) is 36.2 Å². The van der Waals surface area contributed by atoms with Gasteiger partial charge in [-0.3, -0.25) is 0 Å². The molecule has 1 N–H and O–H groups in total. The second-order valence-corrected chi connectivity index (χ2v) is 11.8. The van der Waals surface area contributed by atoms with Gasteiger partial charge in [-0.1, -0.05) is 0 Å². The number of nitrogens with one attached hydrogen (secondary N) is 1. The summed E-state index contributed by atoms with van der Waals surface area (Å²) >= 11 is 0. The van der Waals surface area contributed by atoms with E-state index in [0.29, 0.717) is 11.6 Å². The average molecular weight is 565 g/mol. The van der Waals surface area contributed by atoms with Crippen molar-refractivity contribution in [3.05, 3.63) is 64.6 Å². The molecule has 3 heterocycles. The molecule has 4 rings (SSSR count). The second kappa shape index (κ2) is 9.52. The molecule has 2 aliphatic heterocycles. The van der Waals surface area contributed by atoms with E-state index in [1.807, 2.05) is 0 Å². The van der Waals surface area contributed by atoms with Gasteiger partial charge in [0.2, 0.25) is 0 Å². The van der Waals surface area contributed by atoms with Crippen LogP contribution < -0.4 is 5.32 Å². The van der Waals surface area contributed by atoms with E-state index < -0.39 is 69.0 Å². The lowest BCUT2D eigenvalue weighted by atomic mass is 9.95. The predicted molar refractivity (Wildman–Crippen MR) is 123 cm³/mol. The Morgan fingerprint density at radius 3 is 2.45 bits per heavy atom. The highest BCUT2D eigenvalue weighted by molar-refractivity contribution is 7.89. The standard InChI is InChI=1S/C23H25F5N4O5S/c1-22(2,3)37-21(33)29-16-8-18(31-9-12-10-32(38(4,34)35)30-17(12)11-31)20(23(26,27)28)36-19(16)14-7-13(24)5-6-15(14)25/h5-8,10,16,19-20H,9,11H2,1-4H3,(H,29,33)/t16-,19+,20-/m0/s1. The molecule has 0 radical (unpaired) electrons. The molecule has 0 fully saturated rings. The number of hydrogen-bond donors (Lipinski definition) is 1. The van der Waals surface area contributed by atoms with Crippen molar-refractivity contribution < 1.29 is 44.6 Å². The highest BCUT2D eigenvalue weighted by Crippen LogP contribution is 2.42. The summed E-state index contributed by atoms with van der Waals surface area (Å²) in [7, 11) is -3.70. The Morgan fingerprint density at radius 1 is 1.18 bits per heavy atom. The van der Waals surface area contributed by atoms with E-state index in [9.17, 15) is 35.2 Å². The van der Waals surface area contributed by atoms with E-state index in [2.05, 4.69) is 10.4 Å². The number of fused-ring (bicyclic) bond motifs is 1. The van der Waals surface area contributed by atoms with Gasteiger partial charge in [0.15, 0.2) is 6.10 Å². The van der Waals surface area contributed by atoms with Crippen molar-refractivity contribution in [1.29, 1.82) is 0 Å². The van der Waals surface area contributed by atoms with Crippen molar-refractivity contribution in [2.45, 2.75) is 63.9 Å². The molecule has 1 amide bonds. The number of aromatic nitrogens is 2. The lowest BCUT2D eigenvalue weighted by molar-refractivity contribution is -0.232. The number of carbonyl (C=O) groups excluding carboxylic acids is 1. The van der Waals surface area contributed by atoms with Gasteiger partial charge in [0, 0.05) is 23.9 Å². The van der Waals surface area contributed by atoms with E-state index in [0.717, 1.165) is 28.6 Å². The summed E-state index contributed by atoms with van der Waals surface area (Å²) in [5, 5.41) is 6.34. The summed E-state index contributed by atoms with van der Waals surface area (Å²) < 4.78 is 106. The molecule has 1 aromatic carbocycles. The third-order valence-corrected chi connectivity index (χ3v) is 6.60. The van der Waals surface area contributed by atoms with Gasteiger partial charge in [0.25, 0.3) is 10.0 Å². The summed E-state index contributed by atoms with van der Waals surface area (Å²) in [5.41, 5.74) is -1.26. The van der Waals surface area contributed by atoms with Crippen LogP contribution >= 0.6 is 0 Å². The van der Waals surface area contributed by atoms with E-state index in [-0.39, 0.29) is 18.8 Å². The SMILES string of the molecule is CC(C)(C)OC(=O)N[C@H]1C=C(N2Cc3cn(S(C)(=O)=O)nc3C2)[C@@H](C(F)(F)F)O[C@@H]1c1cc(F)ccc1F.